The second-order valence-corrected chi connectivity index (χ2v) is 7.72. The van der Waals surface area contributed by atoms with E-state index in [0.717, 1.165) is 18.5 Å². The fraction of sp³-hybridized carbons (Fsp3) is 0.565. The lowest BCUT2D eigenvalue weighted by Gasteiger charge is -2.30. The molecule has 1 aromatic carbocycles. The summed E-state index contributed by atoms with van der Waals surface area (Å²) in [6.45, 7) is 5.57. The first-order chi connectivity index (χ1) is 11.7. The van der Waals surface area contributed by atoms with Gasteiger partial charge < -0.3 is 5.32 Å². The van der Waals surface area contributed by atoms with Crippen molar-refractivity contribution >= 4 is 0 Å². The maximum absolute atomic E-state index is 3.81. The molecule has 2 aliphatic carbocycles. The summed E-state index contributed by atoms with van der Waals surface area (Å²) in [5.41, 5.74) is 5.95. The number of hydrogen-bond acceptors (Lipinski definition) is 1. The number of allylic oxidation sites excluding steroid dienone is 4. The summed E-state index contributed by atoms with van der Waals surface area (Å²) in [5, 5.41) is 3.81. The number of aryl methyl sites for hydroxylation is 3. The summed E-state index contributed by atoms with van der Waals surface area (Å²) < 4.78 is 0. The van der Waals surface area contributed by atoms with Gasteiger partial charge in [0.1, 0.15) is 0 Å². The van der Waals surface area contributed by atoms with Gasteiger partial charge in [-0.15, -0.1) is 0 Å². The van der Waals surface area contributed by atoms with Crippen LogP contribution in [0.4, 0.5) is 0 Å². The summed E-state index contributed by atoms with van der Waals surface area (Å²) in [5.74, 6) is 0.829. The Bertz CT molecular complexity index is 588. The zero-order valence-corrected chi connectivity index (χ0v) is 15.5. The molecule has 0 amide bonds. The van der Waals surface area contributed by atoms with Gasteiger partial charge in [-0.05, 0) is 94.4 Å². The zero-order valence-electron chi connectivity index (χ0n) is 15.5. The monoisotopic (exact) mass is 323 g/mol. The smallest absolute Gasteiger partial charge is 0.00674 e. The van der Waals surface area contributed by atoms with Crippen LogP contribution in [0.3, 0.4) is 0 Å². The maximum atomic E-state index is 3.81. The second-order valence-electron chi connectivity index (χ2n) is 7.72. The highest BCUT2D eigenvalue weighted by Crippen LogP contribution is 2.32. The minimum Gasteiger partial charge on any atom is -0.314 e. The molecule has 1 nitrogen and oxygen atoms in total. The quantitative estimate of drug-likeness (QED) is 0.666. The van der Waals surface area contributed by atoms with E-state index in [2.05, 4.69) is 55.6 Å². The molecule has 0 saturated heterocycles. The molecule has 1 saturated carbocycles. The van der Waals surface area contributed by atoms with Gasteiger partial charge in [-0.3, -0.25) is 0 Å². The SMILES string of the molecule is Cc1ccc(CCCNC2CCC(C3=CCCC=C3)CC2)c(C)c1. The van der Waals surface area contributed by atoms with E-state index >= 15 is 0 Å². The minimum atomic E-state index is 0.744. The van der Waals surface area contributed by atoms with Gasteiger partial charge in [0, 0.05) is 6.04 Å². The van der Waals surface area contributed by atoms with Crippen LogP contribution in [-0.2, 0) is 6.42 Å². The van der Waals surface area contributed by atoms with Crippen molar-refractivity contribution in [2.75, 3.05) is 6.54 Å². The lowest BCUT2D eigenvalue weighted by molar-refractivity contribution is 0.320. The first-order valence-electron chi connectivity index (χ1n) is 9.88. The van der Waals surface area contributed by atoms with Crippen LogP contribution in [0.25, 0.3) is 0 Å². The average Bonchev–Trinajstić information content (AvgIpc) is 2.61. The predicted molar refractivity (Wildman–Crippen MR) is 104 cm³/mol. The zero-order chi connectivity index (χ0) is 16.8. The Morgan fingerprint density at radius 3 is 2.58 bits per heavy atom. The third-order valence-corrected chi connectivity index (χ3v) is 5.78. The van der Waals surface area contributed by atoms with Gasteiger partial charge in [-0.1, -0.05) is 42.0 Å². The van der Waals surface area contributed by atoms with Crippen molar-refractivity contribution < 1.29 is 0 Å². The first-order valence-corrected chi connectivity index (χ1v) is 9.88. The Morgan fingerprint density at radius 1 is 1.04 bits per heavy atom. The third-order valence-electron chi connectivity index (χ3n) is 5.78. The lowest BCUT2D eigenvalue weighted by atomic mass is 9.80. The minimum absolute atomic E-state index is 0.744. The van der Waals surface area contributed by atoms with Crippen LogP contribution in [0.1, 0.15) is 61.6 Å². The Kier molecular flexibility index (Phi) is 6.31. The largest absolute Gasteiger partial charge is 0.314 e. The molecule has 0 heterocycles. The third kappa shape index (κ3) is 4.83. The van der Waals surface area contributed by atoms with Crippen molar-refractivity contribution in [1.82, 2.24) is 5.32 Å². The van der Waals surface area contributed by atoms with Gasteiger partial charge in [-0.2, -0.15) is 0 Å². The molecule has 1 N–H and O–H groups in total. The highest BCUT2D eigenvalue weighted by molar-refractivity contribution is 5.30. The normalized spacial score (nSPS) is 24.0. The van der Waals surface area contributed by atoms with Crippen LogP contribution >= 0.6 is 0 Å². The summed E-state index contributed by atoms with van der Waals surface area (Å²) in [6, 6.07) is 7.60. The van der Waals surface area contributed by atoms with E-state index in [1.165, 1.54) is 68.1 Å². The van der Waals surface area contributed by atoms with Gasteiger partial charge >= 0.3 is 0 Å². The van der Waals surface area contributed by atoms with Crippen molar-refractivity contribution in [2.24, 2.45) is 5.92 Å². The van der Waals surface area contributed by atoms with E-state index in [0.29, 0.717) is 0 Å². The number of hydrogen-bond donors (Lipinski definition) is 1. The maximum Gasteiger partial charge on any atom is 0.00674 e. The van der Waals surface area contributed by atoms with E-state index in [1.807, 2.05) is 0 Å². The van der Waals surface area contributed by atoms with Crippen LogP contribution in [-0.4, -0.2) is 12.6 Å². The van der Waals surface area contributed by atoms with Crippen LogP contribution < -0.4 is 5.32 Å². The van der Waals surface area contributed by atoms with E-state index in [1.54, 1.807) is 5.57 Å². The van der Waals surface area contributed by atoms with Gasteiger partial charge in [-0.25, -0.2) is 0 Å². The van der Waals surface area contributed by atoms with Crippen molar-refractivity contribution in [3.8, 4) is 0 Å². The molecule has 0 bridgehead atoms. The molecule has 3 rings (SSSR count). The fourth-order valence-corrected chi connectivity index (χ4v) is 4.28. The van der Waals surface area contributed by atoms with E-state index in [9.17, 15) is 0 Å². The fourth-order valence-electron chi connectivity index (χ4n) is 4.28. The van der Waals surface area contributed by atoms with E-state index in [-0.39, 0.29) is 0 Å². The highest BCUT2D eigenvalue weighted by atomic mass is 14.9. The van der Waals surface area contributed by atoms with Crippen molar-refractivity contribution in [2.45, 2.75) is 71.3 Å². The molecule has 2 aliphatic rings. The molecule has 0 spiro atoms. The highest BCUT2D eigenvalue weighted by Gasteiger charge is 2.22. The molecule has 0 radical (unpaired) electrons. The summed E-state index contributed by atoms with van der Waals surface area (Å²) >= 11 is 0. The molecule has 0 aromatic heterocycles. The second kappa shape index (κ2) is 8.67. The van der Waals surface area contributed by atoms with Crippen molar-refractivity contribution in [1.29, 1.82) is 0 Å². The Labute approximate surface area is 148 Å². The molecular weight excluding hydrogens is 290 g/mol. The van der Waals surface area contributed by atoms with Crippen LogP contribution in [0.2, 0.25) is 0 Å². The molecule has 130 valence electrons. The molecular formula is C23H33N. The van der Waals surface area contributed by atoms with Gasteiger partial charge in [0.05, 0.1) is 0 Å². The molecule has 1 heteroatoms. The number of benzene rings is 1. The van der Waals surface area contributed by atoms with E-state index < -0.39 is 0 Å². The average molecular weight is 324 g/mol. The molecule has 0 aliphatic heterocycles. The molecule has 0 unspecified atom stereocenters. The van der Waals surface area contributed by atoms with E-state index in [4.69, 9.17) is 0 Å². The van der Waals surface area contributed by atoms with Crippen LogP contribution in [0.5, 0.6) is 0 Å². The molecule has 1 fully saturated rings. The Morgan fingerprint density at radius 2 is 1.88 bits per heavy atom. The van der Waals surface area contributed by atoms with Crippen LogP contribution in [0.15, 0.2) is 42.0 Å². The summed E-state index contributed by atoms with van der Waals surface area (Å²) in [6.07, 6.45) is 17.6. The molecule has 1 aromatic rings. The van der Waals surface area contributed by atoms with Gasteiger partial charge in [0.2, 0.25) is 0 Å². The molecule has 24 heavy (non-hydrogen) atoms. The lowest BCUT2D eigenvalue weighted by Crippen LogP contribution is -2.34. The van der Waals surface area contributed by atoms with Gasteiger partial charge in [0.15, 0.2) is 0 Å². The van der Waals surface area contributed by atoms with Gasteiger partial charge in [0.25, 0.3) is 0 Å². The summed E-state index contributed by atoms with van der Waals surface area (Å²) in [4.78, 5) is 0. The Balaban J connectivity index is 1.35. The first kappa shape index (κ1) is 17.5. The standard InChI is InChI=1S/C23H33N/c1-18-10-11-20(19(2)17-18)9-6-16-24-23-14-12-22(13-15-23)21-7-4-3-5-8-21/h4,7-8,10-11,17,22-24H,3,5-6,9,12-16H2,1-2H3. The Hall–Kier alpha value is -1.34. The summed E-state index contributed by atoms with van der Waals surface area (Å²) in [7, 11) is 0. The van der Waals surface area contributed by atoms with Crippen molar-refractivity contribution in [3.63, 3.8) is 0 Å². The number of rotatable bonds is 6. The number of nitrogens with one attached hydrogen (secondary N) is 1. The molecule has 0 atom stereocenters. The predicted octanol–water partition coefficient (Wildman–Crippen LogP) is 5.66. The van der Waals surface area contributed by atoms with Crippen LogP contribution in [0, 0.1) is 19.8 Å². The topological polar surface area (TPSA) is 12.0 Å². The van der Waals surface area contributed by atoms with Crippen molar-refractivity contribution in [3.05, 3.63) is 58.7 Å².